The normalized spacial score (nSPS) is 33.2. The molecule has 3 saturated heterocycles. The number of rotatable bonds is 7. The number of aliphatic hydroxyl groups excluding tert-OH is 1. The third kappa shape index (κ3) is 3.33. The van der Waals surface area contributed by atoms with Crippen molar-refractivity contribution in [2.75, 3.05) is 18.1 Å². The van der Waals surface area contributed by atoms with Gasteiger partial charge in [0.1, 0.15) is 6.04 Å². The molecule has 3 fully saturated rings. The Morgan fingerprint density at radius 2 is 2.15 bits per heavy atom. The number of anilines is 1. The first-order valence-electron chi connectivity index (χ1n) is 11.1. The second-order valence-corrected chi connectivity index (χ2v) is 11.3. The maximum atomic E-state index is 14.3. The molecular weight excluding hydrogens is 464 g/mol. The third-order valence-electron chi connectivity index (χ3n) is 7.48. The summed E-state index contributed by atoms with van der Waals surface area (Å²) in [5, 5.41) is 20.1. The largest absolute Gasteiger partial charge is 0.481 e. The van der Waals surface area contributed by atoms with E-state index in [2.05, 4.69) is 6.58 Å². The SMILES string of the molecule is C=CCN(C(=O)C1N([C@H](C)CO)C(=O)[C@@H]2[C@@H](C(=O)O)[C@H]3CC(C)C12S3)c1c(C)cccc1Cl. The molecule has 3 aliphatic rings. The first-order chi connectivity index (χ1) is 15.6. The Morgan fingerprint density at radius 3 is 2.73 bits per heavy atom. The van der Waals surface area contributed by atoms with Crippen LogP contribution in [0.3, 0.4) is 0 Å². The maximum absolute atomic E-state index is 14.3. The molecule has 9 heteroatoms. The van der Waals surface area contributed by atoms with E-state index in [-0.39, 0.29) is 36.1 Å². The van der Waals surface area contributed by atoms with E-state index in [9.17, 15) is 24.6 Å². The van der Waals surface area contributed by atoms with Crippen LogP contribution in [0.1, 0.15) is 25.8 Å². The number of carbonyl (C=O) groups excluding carboxylic acids is 2. The molecule has 2 amide bonds. The number of aryl methyl sites for hydroxylation is 1. The molecule has 1 aromatic rings. The van der Waals surface area contributed by atoms with Crippen LogP contribution in [-0.2, 0) is 14.4 Å². The number of hydrogen-bond acceptors (Lipinski definition) is 5. The number of carboxylic acids is 1. The van der Waals surface area contributed by atoms with Crippen molar-refractivity contribution in [3.63, 3.8) is 0 Å². The van der Waals surface area contributed by atoms with Gasteiger partial charge in [0, 0.05) is 11.8 Å². The summed E-state index contributed by atoms with van der Waals surface area (Å²) in [6, 6.07) is 3.83. The van der Waals surface area contributed by atoms with Gasteiger partial charge in [0.15, 0.2) is 0 Å². The van der Waals surface area contributed by atoms with E-state index in [1.54, 1.807) is 30.0 Å². The molecule has 1 spiro atoms. The van der Waals surface area contributed by atoms with Gasteiger partial charge in [-0.2, -0.15) is 0 Å². The minimum absolute atomic E-state index is 0.0418. The van der Waals surface area contributed by atoms with Crippen LogP contribution in [0, 0.1) is 24.7 Å². The van der Waals surface area contributed by atoms with Crippen molar-refractivity contribution >= 4 is 46.8 Å². The fraction of sp³-hybridized carbons (Fsp3) is 0.542. The van der Waals surface area contributed by atoms with E-state index in [0.717, 1.165) is 5.56 Å². The van der Waals surface area contributed by atoms with Crippen LogP contribution in [0.15, 0.2) is 30.9 Å². The summed E-state index contributed by atoms with van der Waals surface area (Å²) in [5.41, 5.74) is 1.35. The zero-order valence-corrected chi connectivity index (χ0v) is 20.5. The monoisotopic (exact) mass is 492 g/mol. The number of aliphatic hydroxyl groups is 1. The average Bonchev–Trinajstić information content (AvgIpc) is 3.35. The lowest BCUT2D eigenvalue weighted by Gasteiger charge is -2.41. The average molecular weight is 493 g/mol. The number of amides is 2. The molecule has 0 aliphatic carbocycles. The van der Waals surface area contributed by atoms with Gasteiger partial charge in [-0.1, -0.05) is 36.7 Å². The van der Waals surface area contributed by atoms with Crippen molar-refractivity contribution in [2.24, 2.45) is 17.8 Å². The number of halogens is 1. The number of fused-ring (bicyclic) bond motifs is 1. The minimum Gasteiger partial charge on any atom is -0.481 e. The van der Waals surface area contributed by atoms with E-state index in [0.29, 0.717) is 17.1 Å². The summed E-state index contributed by atoms with van der Waals surface area (Å²) in [7, 11) is 0. The highest BCUT2D eigenvalue weighted by atomic mass is 35.5. The summed E-state index contributed by atoms with van der Waals surface area (Å²) in [6.07, 6.45) is 2.23. The zero-order chi connectivity index (χ0) is 24.2. The van der Waals surface area contributed by atoms with Crippen LogP contribution in [0.5, 0.6) is 0 Å². The molecule has 2 N–H and O–H groups in total. The summed E-state index contributed by atoms with van der Waals surface area (Å²) in [6.45, 7) is 9.20. The molecular formula is C24H29ClN2O5S. The lowest BCUT2D eigenvalue weighted by atomic mass is 9.66. The van der Waals surface area contributed by atoms with E-state index in [4.69, 9.17) is 11.6 Å². The lowest BCUT2D eigenvalue weighted by molar-refractivity contribution is -0.149. The fourth-order valence-corrected chi connectivity index (χ4v) is 8.84. The zero-order valence-electron chi connectivity index (χ0n) is 18.9. The number of benzene rings is 1. The number of hydrogen-bond donors (Lipinski definition) is 2. The topological polar surface area (TPSA) is 98.2 Å². The number of carboxylic acid groups (broad SMARTS) is 1. The molecule has 178 valence electrons. The van der Waals surface area contributed by atoms with Gasteiger partial charge in [-0.3, -0.25) is 14.4 Å². The number of carbonyl (C=O) groups is 3. The predicted molar refractivity (Wildman–Crippen MR) is 128 cm³/mol. The molecule has 3 unspecified atom stereocenters. The summed E-state index contributed by atoms with van der Waals surface area (Å²) in [5.74, 6) is -3.39. The lowest BCUT2D eigenvalue weighted by Crippen LogP contribution is -2.59. The molecule has 0 aromatic heterocycles. The van der Waals surface area contributed by atoms with Gasteiger partial charge in [0.2, 0.25) is 5.91 Å². The van der Waals surface area contributed by atoms with Crippen molar-refractivity contribution in [1.82, 2.24) is 4.90 Å². The highest BCUT2D eigenvalue weighted by molar-refractivity contribution is 8.02. The van der Waals surface area contributed by atoms with Gasteiger partial charge in [-0.25, -0.2) is 0 Å². The van der Waals surface area contributed by atoms with Crippen molar-refractivity contribution < 1.29 is 24.6 Å². The Balaban J connectivity index is 1.89. The number of nitrogens with zero attached hydrogens (tertiary/aromatic N) is 2. The predicted octanol–water partition coefficient (Wildman–Crippen LogP) is 2.97. The van der Waals surface area contributed by atoms with Gasteiger partial charge in [0.25, 0.3) is 5.91 Å². The molecule has 2 bridgehead atoms. The van der Waals surface area contributed by atoms with Crippen LogP contribution in [0.4, 0.5) is 5.69 Å². The molecule has 0 radical (unpaired) electrons. The molecule has 4 rings (SSSR count). The number of para-hydroxylation sites is 1. The molecule has 7 atom stereocenters. The first kappa shape index (κ1) is 24.1. The quantitative estimate of drug-likeness (QED) is 0.568. The van der Waals surface area contributed by atoms with Crippen LogP contribution in [-0.4, -0.2) is 68.1 Å². The van der Waals surface area contributed by atoms with Gasteiger partial charge in [-0.15, -0.1) is 18.3 Å². The Bertz CT molecular complexity index is 998. The molecule has 0 saturated carbocycles. The van der Waals surface area contributed by atoms with Crippen molar-refractivity contribution in [3.05, 3.63) is 41.4 Å². The van der Waals surface area contributed by atoms with Gasteiger partial charge in [0.05, 0.1) is 39.9 Å². The van der Waals surface area contributed by atoms with Crippen LogP contribution in [0.25, 0.3) is 0 Å². The first-order valence-corrected chi connectivity index (χ1v) is 12.4. The van der Waals surface area contributed by atoms with Crippen LogP contribution < -0.4 is 4.90 Å². The Morgan fingerprint density at radius 1 is 1.45 bits per heavy atom. The third-order valence-corrected chi connectivity index (χ3v) is 9.86. The summed E-state index contributed by atoms with van der Waals surface area (Å²) < 4.78 is -0.875. The Kier molecular flexibility index (Phi) is 6.31. The van der Waals surface area contributed by atoms with Crippen molar-refractivity contribution in [2.45, 2.75) is 49.3 Å². The van der Waals surface area contributed by atoms with Gasteiger partial charge < -0.3 is 20.0 Å². The smallest absolute Gasteiger partial charge is 0.308 e. The standard InChI is InChI=1S/C24H29ClN2O5S/c1-5-9-26(19-12(2)7-6-8-15(19)25)22(30)20-24-13(3)10-16(33-24)17(23(31)32)18(24)21(29)27(20)14(4)11-28/h5-8,13-14,16-18,20,28H,1,9-11H2,2-4H3,(H,31,32)/t13?,14-,16-,17+,18+,20?,24?/m1/s1. The fourth-order valence-electron chi connectivity index (χ4n) is 6.12. The second-order valence-electron chi connectivity index (χ2n) is 9.31. The Hall–Kier alpha value is -2.03. The molecule has 1 aromatic carbocycles. The maximum Gasteiger partial charge on any atom is 0.308 e. The Labute approximate surface area is 202 Å². The van der Waals surface area contributed by atoms with Crippen molar-refractivity contribution in [1.29, 1.82) is 0 Å². The second kappa shape index (κ2) is 8.64. The number of thioether (sulfide) groups is 1. The molecule has 7 nitrogen and oxygen atoms in total. The molecule has 3 aliphatic heterocycles. The molecule has 33 heavy (non-hydrogen) atoms. The highest BCUT2D eigenvalue weighted by Gasteiger charge is 2.76. The van der Waals surface area contributed by atoms with Gasteiger partial charge in [-0.05, 0) is 37.8 Å². The van der Waals surface area contributed by atoms with E-state index >= 15 is 0 Å². The van der Waals surface area contributed by atoms with E-state index < -0.39 is 34.6 Å². The highest BCUT2D eigenvalue weighted by Crippen LogP contribution is 2.69. The van der Waals surface area contributed by atoms with Crippen LogP contribution in [0.2, 0.25) is 5.02 Å². The number of aliphatic carboxylic acids is 1. The van der Waals surface area contributed by atoms with E-state index in [1.807, 2.05) is 19.9 Å². The molecule has 3 heterocycles. The minimum atomic E-state index is -1.01. The number of likely N-dealkylation sites (tertiary alicyclic amines) is 1. The summed E-state index contributed by atoms with van der Waals surface area (Å²) in [4.78, 5) is 43.2. The van der Waals surface area contributed by atoms with Crippen molar-refractivity contribution in [3.8, 4) is 0 Å². The summed E-state index contributed by atoms with van der Waals surface area (Å²) >= 11 is 7.99. The van der Waals surface area contributed by atoms with E-state index in [1.165, 1.54) is 16.7 Å². The van der Waals surface area contributed by atoms with Gasteiger partial charge >= 0.3 is 5.97 Å². The van der Waals surface area contributed by atoms with Crippen LogP contribution >= 0.6 is 23.4 Å².